The molecule has 2 nitrogen and oxygen atoms in total. The summed E-state index contributed by atoms with van der Waals surface area (Å²) in [6.45, 7) is 4.04. The maximum atomic E-state index is 5.81. The van der Waals surface area contributed by atoms with Crippen LogP contribution in [-0.2, 0) is 0 Å². The van der Waals surface area contributed by atoms with E-state index in [0.29, 0.717) is 0 Å². The Hall–Kier alpha value is -1.67. The van der Waals surface area contributed by atoms with Gasteiger partial charge in [-0.1, -0.05) is 24.3 Å². The molecule has 1 unspecified atom stereocenters. The summed E-state index contributed by atoms with van der Waals surface area (Å²) in [7, 11) is 0. The van der Waals surface area contributed by atoms with Gasteiger partial charge in [-0.3, -0.25) is 4.98 Å². The normalized spacial score (nSPS) is 12.4. The highest BCUT2D eigenvalue weighted by Crippen LogP contribution is 2.21. The van der Waals surface area contributed by atoms with E-state index in [-0.39, 0.29) is 6.04 Å². The van der Waals surface area contributed by atoms with Crippen molar-refractivity contribution in [2.75, 3.05) is 0 Å². The average molecular weight is 212 g/mol. The number of hydrogen-bond acceptors (Lipinski definition) is 2. The van der Waals surface area contributed by atoms with E-state index in [9.17, 15) is 0 Å². The van der Waals surface area contributed by atoms with Crippen molar-refractivity contribution >= 4 is 0 Å². The summed E-state index contributed by atoms with van der Waals surface area (Å²) in [5.41, 5.74) is 10.5. The van der Waals surface area contributed by atoms with Gasteiger partial charge >= 0.3 is 0 Å². The Labute approximate surface area is 96.1 Å². The Morgan fingerprint density at radius 3 is 2.31 bits per heavy atom. The standard InChI is InChI=1S/C14H16N2/c1-10-7-14(9-16-8-10)13-5-3-12(4-6-13)11(2)15/h3-9,11H,15H2,1-2H3. The van der Waals surface area contributed by atoms with Gasteiger partial charge in [0.2, 0.25) is 0 Å². The van der Waals surface area contributed by atoms with Crippen LogP contribution in [0.15, 0.2) is 42.7 Å². The van der Waals surface area contributed by atoms with E-state index in [1.807, 2.05) is 26.2 Å². The first kappa shape index (κ1) is 10.8. The molecule has 0 saturated carbocycles. The minimum atomic E-state index is 0.0877. The first-order chi connectivity index (χ1) is 7.66. The summed E-state index contributed by atoms with van der Waals surface area (Å²) in [5.74, 6) is 0. The highest BCUT2D eigenvalue weighted by atomic mass is 14.6. The molecule has 1 heterocycles. The molecule has 0 bridgehead atoms. The summed E-state index contributed by atoms with van der Waals surface area (Å²) in [4.78, 5) is 4.19. The Kier molecular flexibility index (Phi) is 3.02. The number of hydrogen-bond donors (Lipinski definition) is 1. The molecule has 1 aromatic carbocycles. The number of rotatable bonds is 2. The molecule has 1 atom stereocenters. The molecule has 16 heavy (non-hydrogen) atoms. The zero-order chi connectivity index (χ0) is 11.5. The first-order valence-electron chi connectivity index (χ1n) is 5.44. The predicted molar refractivity (Wildman–Crippen MR) is 67.0 cm³/mol. The van der Waals surface area contributed by atoms with Crippen LogP contribution in [0.25, 0.3) is 11.1 Å². The third-order valence-corrected chi connectivity index (χ3v) is 2.64. The van der Waals surface area contributed by atoms with Crippen LogP contribution < -0.4 is 5.73 Å². The molecule has 0 aliphatic rings. The average Bonchev–Trinajstić information content (AvgIpc) is 2.29. The number of aromatic nitrogens is 1. The molecule has 0 amide bonds. The van der Waals surface area contributed by atoms with Crippen LogP contribution in [0.3, 0.4) is 0 Å². The molecule has 0 radical (unpaired) electrons. The van der Waals surface area contributed by atoms with Crippen molar-refractivity contribution in [2.24, 2.45) is 5.73 Å². The Morgan fingerprint density at radius 2 is 1.75 bits per heavy atom. The summed E-state index contributed by atoms with van der Waals surface area (Å²) in [6.07, 6.45) is 3.74. The van der Waals surface area contributed by atoms with Gasteiger partial charge in [-0.05, 0) is 36.6 Å². The third-order valence-electron chi connectivity index (χ3n) is 2.64. The lowest BCUT2D eigenvalue weighted by atomic mass is 10.0. The summed E-state index contributed by atoms with van der Waals surface area (Å²) in [5, 5.41) is 0. The fraction of sp³-hybridized carbons (Fsp3) is 0.214. The Morgan fingerprint density at radius 1 is 1.06 bits per heavy atom. The smallest absolute Gasteiger partial charge is 0.0346 e. The van der Waals surface area contributed by atoms with Crippen molar-refractivity contribution in [1.29, 1.82) is 0 Å². The fourth-order valence-corrected chi connectivity index (χ4v) is 1.69. The Balaban J connectivity index is 2.35. The number of pyridine rings is 1. The van der Waals surface area contributed by atoms with E-state index in [4.69, 9.17) is 5.73 Å². The van der Waals surface area contributed by atoms with Gasteiger partial charge < -0.3 is 5.73 Å². The number of aryl methyl sites for hydroxylation is 1. The van der Waals surface area contributed by atoms with Gasteiger partial charge in [0.1, 0.15) is 0 Å². The van der Waals surface area contributed by atoms with Crippen LogP contribution in [0.2, 0.25) is 0 Å². The van der Waals surface area contributed by atoms with Gasteiger partial charge in [-0.25, -0.2) is 0 Å². The molecule has 0 aliphatic carbocycles. The van der Waals surface area contributed by atoms with Gasteiger partial charge in [0.05, 0.1) is 0 Å². The van der Waals surface area contributed by atoms with Gasteiger partial charge in [-0.2, -0.15) is 0 Å². The van der Waals surface area contributed by atoms with E-state index in [1.54, 1.807) is 0 Å². The molecule has 2 heteroatoms. The summed E-state index contributed by atoms with van der Waals surface area (Å²) < 4.78 is 0. The molecule has 2 aromatic rings. The largest absolute Gasteiger partial charge is 0.324 e. The lowest BCUT2D eigenvalue weighted by Gasteiger charge is -2.07. The van der Waals surface area contributed by atoms with Crippen molar-refractivity contribution in [3.63, 3.8) is 0 Å². The van der Waals surface area contributed by atoms with Gasteiger partial charge in [0, 0.05) is 24.0 Å². The minimum absolute atomic E-state index is 0.0877. The lowest BCUT2D eigenvalue weighted by Crippen LogP contribution is -2.04. The fourth-order valence-electron chi connectivity index (χ4n) is 1.69. The molecule has 0 saturated heterocycles. The molecular weight excluding hydrogens is 196 g/mol. The molecular formula is C14H16N2. The molecule has 0 spiro atoms. The second kappa shape index (κ2) is 4.45. The van der Waals surface area contributed by atoms with Crippen LogP contribution in [0.4, 0.5) is 0 Å². The van der Waals surface area contributed by atoms with Crippen LogP contribution in [0.5, 0.6) is 0 Å². The van der Waals surface area contributed by atoms with Crippen molar-refractivity contribution in [1.82, 2.24) is 4.98 Å². The monoisotopic (exact) mass is 212 g/mol. The van der Waals surface area contributed by atoms with E-state index in [1.165, 1.54) is 11.1 Å². The molecule has 1 aromatic heterocycles. The van der Waals surface area contributed by atoms with Crippen LogP contribution in [-0.4, -0.2) is 4.98 Å². The van der Waals surface area contributed by atoms with E-state index in [2.05, 4.69) is 35.3 Å². The predicted octanol–water partition coefficient (Wildman–Crippen LogP) is 3.08. The van der Waals surface area contributed by atoms with Gasteiger partial charge in [-0.15, -0.1) is 0 Å². The van der Waals surface area contributed by atoms with Crippen LogP contribution in [0, 0.1) is 6.92 Å². The van der Waals surface area contributed by atoms with Crippen LogP contribution >= 0.6 is 0 Å². The topological polar surface area (TPSA) is 38.9 Å². The van der Waals surface area contributed by atoms with E-state index in [0.717, 1.165) is 11.1 Å². The van der Waals surface area contributed by atoms with Crippen molar-refractivity contribution < 1.29 is 0 Å². The van der Waals surface area contributed by atoms with Crippen LogP contribution in [0.1, 0.15) is 24.1 Å². The van der Waals surface area contributed by atoms with Gasteiger partial charge in [0.25, 0.3) is 0 Å². The van der Waals surface area contributed by atoms with Crippen molar-refractivity contribution in [3.05, 3.63) is 53.9 Å². The summed E-state index contributed by atoms with van der Waals surface area (Å²) in [6, 6.07) is 10.5. The third kappa shape index (κ3) is 2.28. The molecule has 0 aliphatic heterocycles. The second-order valence-electron chi connectivity index (χ2n) is 4.16. The summed E-state index contributed by atoms with van der Waals surface area (Å²) >= 11 is 0. The van der Waals surface area contributed by atoms with Gasteiger partial charge in [0.15, 0.2) is 0 Å². The minimum Gasteiger partial charge on any atom is -0.324 e. The van der Waals surface area contributed by atoms with Crippen molar-refractivity contribution in [2.45, 2.75) is 19.9 Å². The first-order valence-corrected chi connectivity index (χ1v) is 5.44. The zero-order valence-corrected chi connectivity index (χ0v) is 9.64. The number of nitrogens with two attached hydrogens (primary N) is 1. The zero-order valence-electron chi connectivity index (χ0n) is 9.64. The molecule has 2 rings (SSSR count). The van der Waals surface area contributed by atoms with Crippen molar-refractivity contribution in [3.8, 4) is 11.1 Å². The second-order valence-corrected chi connectivity index (χ2v) is 4.16. The molecule has 82 valence electrons. The highest BCUT2D eigenvalue weighted by molar-refractivity contribution is 5.63. The maximum absolute atomic E-state index is 5.81. The highest BCUT2D eigenvalue weighted by Gasteiger charge is 2.01. The quantitative estimate of drug-likeness (QED) is 0.830. The SMILES string of the molecule is Cc1cncc(-c2ccc(C(C)N)cc2)c1. The molecule has 2 N–H and O–H groups in total. The maximum Gasteiger partial charge on any atom is 0.0346 e. The number of benzene rings is 1. The lowest BCUT2D eigenvalue weighted by molar-refractivity contribution is 0.818. The Bertz CT molecular complexity index is 472. The molecule has 0 fully saturated rings. The number of nitrogens with zero attached hydrogens (tertiary/aromatic N) is 1. The van der Waals surface area contributed by atoms with E-state index < -0.39 is 0 Å². The van der Waals surface area contributed by atoms with E-state index >= 15 is 0 Å².